The van der Waals surface area contributed by atoms with E-state index in [1.54, 1.807) is 0 Å². The molecule has 0 aromatic carbocycles. The number of hydrogen-bond acceptors (Lipinski definition) is 50. The normalized spacial score (nSPS) is 47.8. The fourth-order valence-electron chi connectivity index (χ4n) is 16.6. The molecule has 10 aliphatic heterocycles. The average Bonchev–Trinajstić information content (AvgIpc) is 0.747. The van der Waals surface area contributed by atoms with Crippen LogP contribution in [0.2, 0.25) is 0 Å². The first-order valence-corrected chi connectivity index (χ1v) is 41.0. The molecule has 0 aromatic rings. The van der Waals surface area contributed by atoms with E-state index in [1.165, 1.54) is 6.92 Å². The topological polar surface area (TPSA) is 856 Å². The fraction of sp³-hybridized carbons (Fsp3) is 0.917. The third-order valence-corrected chi connectivity index (χ3v) is 23.2. The van der Waals surface area contributed by atoms with Crippen molar-refractivity contribution in [3.05, 3.63) is 0 Å². The lowest BCUT2D eigenvalue weighted by Crippen LogP contribution is -2.71. The van der Waals surface area contributed by atoms with E-state index in [9.17, 15) is 156 Å². The van der Waals surface area contributed by atoms with Gasteiger partial charge in [0, 0.05) is 41.5 Å². The van der Waals surface area contributed by atoms with Crippen LogP contribution in [-0.2, 0) is 119 Å². The SMILES string of the molecule is CC(=O)N[C@H]1[C@H](O[C@H]2[C@H](O)[C@@H](NC(C)=O)C(O)O[C@@H]2CO[C@@H]2O[C@@H](C)[C@@H](O)[C@@H](O)[C@@H]2O)O[C@H](CO)[C@@H](O[C@@H]2O[C@H](CO[C@H]3O[C@H](CO)[C@@H](O)[C@H](O)[C@@H]3O[C@@H]3O[C@H](CO)[C@@H](O)[C@H](O)[C@H]3NC(C)=O)[C@@H](O)[C@H](O[C@H]3O[C@H](CO)[C@@H](O[C@@H]4O[C@H](CO)[C@@H](O)[C@H](O)[C@H]4NC(C)=O)[C@H](O)[C@@H]3O[C@@H]3O[C@H](CO)[C@@H](O[C@@H]4O[C@H](CO)[C@H](O)[C@H](O)[C@H]4NC(C)=O)[C@H](O)[C@H]3NC(C)=O)[C@@H]2O)[C@@H]1O. The van der Waals surface area contributed by atoms with Crippen LogP contribution in [0.4, 0.5) is 0 Å². The van der Waals surface area contributed by atoms with Crippen LogP contribution >= 0.6 is 0 Å². The summed E-state index contributed by atoms with van der Waals surface area (Å²) in [5.74, 6) is -5.53. The summed E-state index contributed by atoms with van der Waals surface area (Å²) in [4.78, 5) is 77.1. The molecule has 10 saturated heterocycles. The van der Waals surface area contributed by atoms with Gasteiger partial charge in [0.15, 0.2) is 62.9 Å². The first-order valence-electron chi connectivity index (χ1n) is 41.0. The second-order valence-corrected chi connectivity index (χ2v) is 32.5. The van der Waals surface area contributed by atoms with Gasteiger partial charge >= 0.3 is 0 Å². The Morgan fingerprint density at radius 3 is 0.875 bits per heavy atom. The van der Waals surface area contributed by atoms with E-state index in [4.69, 9.17) is 90.0 Å². The minimum Gasteiger partial charge on any atom is -0.394 e. The zero-order chi connectivity index (χ0) is 94.4. The summed E-state index contributed by atoms with van der Waals surface area (Å²) in [6.45, 7) is -3.17. The van der Waals surface area contributed by atoms with Gasteiger partial charge in [0.05, 0.1) is 65.6 Å². The van der Waals surface area contributed by atoms with E-state index < -0.39 is 402 Å². The smallest absolute Gasteiger partial charge is 0.217 e. The van der Waals surface area contributed by atoms with Crippen molar-refractivity contribution in [2.45, 2.75) is 355 Å². The number of nitrogens with one attached hydrogen (secondary N) is 6. The predicted octanol–water partition coefficient (Wildman–Crippen LogP) is -20.9. The minimum atomic E-state index is -2.70. The Morgan fingerprint density at radius 1 is 0.219 bits per heavy atom. The Labute approximate surface area is 726 Å². The van der Waals surface area contributed by atoms with E-state index >= 15 is 0 Å². The Morgan fingerprint density at radius 2 is 0.492 bits per heavy atom. The molecule has 738 valence electrons. The Kier molecular flexibility index (Phi) is 37.8. The van der Waals surface area contributed by atoms with Crippen molar-refractivity contribution in [3.8, 4) is 0 Å². The molecule has 56 nitrogen and oxygen atoms in total. The molecule has 31 N–H and O–H groups in total. The number of carbonyl (C=O) groups excluding carboxylic acids is 6. The molecule has 128 heavy (non-hydrogen) atoms. The van der Waals surface area contributed by atoms with Crippen molar-refractivity contribution in [3.63, 3.8) is 0 Å². The highest BCUT2D eigenvalue weighted by atomic mass is 16.8. The highest BCUT2D eigenvalue weighted by molar-refractivity contribution is 5.75. The highest BCUT2D eigenvalue weighted by Gasteiger charge is 2.62. The predicted molar refractivity (Wildman–Crippen MR) is 398 cm³/mol. The number of amides is 6. The second-order valence-electron chi connectivity index (χ2n) is 32.5. The van der Waals surface area contributed by atoms with E-state index in [-0.39, 0.29) is 0 Å². The van der Waals surface area contributed by atoms with Gasteiger partial charge in [0.25, 0.3) is 0 Å². The lowest BCUT2D eigenvalue weighted by molar-refractivity contribution is -0.404. The van der Waals surface area contributed by atoms with Crippen LogP contribution in [0, 0.1) is 0 Å². The van der Waals surface area contributed by atoms with Crippen LogP contribution in [-0.4, -0.2) is 529 Å². The number of ether oxygens (including phenoxy) is 19. The maximum Gasteiger partial charge on any atom is 0.217 e. The molecule has 10 rings (SSSR count). The molecule has 50 atom stereocenters. The number of aliphatic hydroxyl groups excluding tert-OH is 25. The lowest BCUT2D eigenvalue weighted by Gasteiger charge is -2.52. The number of aliphatic hydroxyl groups is 25. The summed E-state index contributed by atoms with van der Waals surface area (Å²) < 4.78 is 115. The zero-order valence-corrected chi connectivity index (χ0v) is 69.6. The number of hydrogen-bond donors (Lipinski definition) is 31. The first kappa shape index (κ1) is 105. The molecule has 0 spiro atoms. The van der Waals surface area contributed by atoms with Crippen LogP contribution in [0.5, 0.6) is 0 Å². The van der Waals surface area contributed by atoms with E-state index in [0.29, 0.717) is 0 Å². The van der Waals surface area contributed by atoms with E-state index in [1.807, 2.05) is 0 Å². The van der Waals surface area contributed by atoms with E-state index in [2.05, 4.69) is 31.9 Å². The molecule has 0 bridgehead atoms. The van der Waals surface area contributed by atoms with Gasteiger partial charge in [-0.3, -0.25) is 28.8 Å². The lowest BCUT2D eigenvalue weighted by atomic mass is 9.93. The summed E-state index contributed by atoms with van der Waals surface area (Å²) in [5, 5.41) is 298. The quantitative estimate of drug-likeness (QED) is 0.0290. The zero-order valence-electron chi connectivity index (χ0n) is 69.6. The Hall–Kier alpha value is -4.94. The highest BCUT2D eigenvalue weighted by Crippen LogP contribution is 2.41. The van der Waals surface area contributed by atoms with Gasteiger partial charge in [-0.15, -0.1) is 0 Å². The van der Waals surface area contributed by atoms with E-state index in [0.717, 1.165) is 41.5 Å². The monoisotopic (exact) mass is 1870 g/mol. The largest absolute Gasteiger partial charge is 0.394 e. The van der Waals surface area contributed by atoms with Crippen molar-refractivity contribution < 1.29 is 246 Å². The third-order valence-electron chi connectivity index (χ3n) is 23.2. The molecule has 56 heteroatoms. The molecule has 10 aliphatic rings. The fourth-order valence-corrected chi connectivity index (χ4v) is 16.6. The van der Waals surface area contributed by atoms with Gasteiger partial charge in [0.2, 0.25) is 35.4 Å². The molecule has 10 fully saturated rings. The van der Waals surface area contributed by atoms with Crippen molar-refractivity contribution in [2.24, 2.45) is 0 Å². The van der Waals surface area contributed by atoms with Crippen LogP contribution in [0.25, 0.3) is 0 Å². The maximum atomic E-state index is 13.4. The molecule has 0 radical (unpaired) electrons. The molecule has 0 aliphatic carbocycles. The molecule has 10 heterocycles. The second kappa shape index (κ2) is 46.1. The number of rotatable bonds is 33. The van der Waals surface area contributed by atoms with Crippen molar-refractivity contribution >= 4 is 35.4 Å². The van der Waals surface area contributed by atoms with Gasteiger partial charge < -0.3 is 250 Å². The van der Waals surface area contributed by atoms with Crippen molar-refractivity contribution in [2.75, 3.05) is 59.5 Å². The van der Waals surface area contributed by atoms with Crippen molar-refractivity contribution in [1.29, 1.82) is 0 Å². The van der Waals surface area contributed by atoms with Gasteiger partial charge in [0.1, 0.15) is 238 Å². The van der Waals surface area contributed by atoms with Crippen LogP contribution in [0.15, 0.2) is 0 Å². The average molecular weight is 1870 g/mol. The minimum absolute atomic E-state index is 0.850. The van der Waals surface area contributed by atoms with Crippen LogP contribution in [0.3, 0.4) is 0 Å². The standard InChI is InChI=1S/C72H120N6O50/c1-17-39(92)51(104)53(106)69(112-17)110-16-32-59(48(101)33(63(109)113-32)73-18(2)86)124-67-37(77-22(6)90)50(103)57(29(13-84)118-67)125-70-55(108)60(44(97)31(121-70)15-111-71-61(52(105)43(96)27(11-82)117-71)127-66-36(76-21(5)89)47(100)42(95)26(10-81)116-66)126-72-62(54(107)58(30(14-85)120-72)123-65-35(75-20(4)88)46(99)41(94)25(9-80)115-65)128-68-38(78-23(7)91)49(102)56(28(12-83)119-68)122-64-34(74-19(3)87)45(98)40(93)24(8-79)114-64/h17,24-72,79-85,92-109H,8-16H2,1-7H3,(H,73,86)(H,74,87)(H,75,88)(H,76,89)(H,77,90)(H,78,91)/t17-,24+,25+,26+,27+,28+,29+,30+,31+,32+,33+,34+,35+,36+,37+,38+,39+,40-,41+,42+,43+,44+,45+,46+,47+,48+,49+,50+,51+,52-,53-,54-,55-,56+,57+,58+,59+,60-,61-,62-,63?,64-,65-,66-,67-,68-,69+,70-,71-,72+/m0/s1. The maximum absolute atomic E-state index is 13.4. The summed E-state index contributed by atoms with van der Waals surface area (Å²) in [6, 6.07) is -11.3. The van der Waals surface area contributed by atoms with Gasteiger partial charge in [-0.1, -0.05) is 0 Å². The Bertz CT molecular complexity index is 3550. The van der Waals surface area contributed by atoms with Gasteiger partial charge in [-0.2, -0.15) is 0 Å². The molecular formula is C72H120N6O50. The molecule has 0 aromatic heterocycles. The van der Waals surface area contributed by atoms with Crippen molar-refractivity contribution in [1.82, 2.24) is 31.9 Å². The molecular weight excluding hydrogens is 1750 g/mol. The summed E-state index contributed by atoms with van der Waals surface area (Å²) >= 11 is 0. The molecule has 6 amide bonds. The Balaban J connectivity index is 1.05. The number of carbonyl (C=O) groups is 6. The summed E-state index contributed by atoms with van der Waals surface area (Å²) in [6.07, 6.45) is -92.4. The van der Waals surface area contributed by atoms with Gasteiger partial charge in [-0.05, 0) is 6.92 Å². The molecule has 1 unspecified atom stereocenters. The van der Waals surface area contributed by atoms with Gasteiger partial charge in [-0.25, -0.2) is 0 Å². The summed E-state index contributed by atoms with van der Waals surface area (Å²) in [7, 11) is 0. The van der Waals surface area contributed by atoms with Crippen LogP contribution in [0.1, 0.15) is 48.5 Å². The van der Waals surface area contributed by atoms with Crippen LogP contribution < -0.4 is 31.9 Å². The third kappa shape index (κ3) is 23.8. The summed E-state index contributed by atoms with van der Waals surface area (Å²) in [5.41, 5.74) is 0. The first-order chi connectivity index (χ1) is 60.5. The molecule has 0 saturated carbocycles.